The molecule has 3 aromatic carbocycles. The maximum Gasteiger partial charge on any atom is 0.294 e. The number of benzene rings is 3. The van der Waals surface area contributed by atoms with E-state index in [1.54, 1.807) is 0 Å². The normalized spacial score (nSPS) is 11.4. The van der Waals surface area contributed by atoms with Gasteiger partial charge in [0.25, 0.3) is 5.91 Å². The second kappa shape index (κ2) is 9.40. The van der Waals surface area contributed by atoms with Crippen LogP contribution in [0.1, 0.15) is 23.0 Å². The summed E-state index contributed by atoms with van der Waals surface area (Å²) in [5.74, 6) is -0.383. The molecule has 1 amide bonds. The van der Waals surface area contributed by atoms with Crippen molar-refractivity contribution in [2.45, 2.75) is 6.92 Å². The first-order valence-corrected chi connectivity index (χ1v) is 10.7. The molecule has 35 heavy (non-hydrogen) atoms. The molecule has 0 aliphatic carbocycles. The number of hydrazone groups is 1. The monoisotopic (exact) mass is 464 g/mol. The molecule has 0 bridgehead atoms. The van der Waals surface area contributed by atoms with E-state index in [-0.39, 0.29) is 17.3 Å². The Morgan fingerprint density at radius 3 is 2.14 bits per heavy atom. The topological polar surface area (TPSA) is 137 Å². The van der Waals surface area contributed by atoms with E-state index in [0.717, 1.165) is 16.7 Å². The van der Waals surface area contributed by atoms with Crippen molar-refractivity contribution in [3.8, 4) is 28.2 Å². The van der Waals surface area contributed by atoms with Crippen molar-refractivity contribution in [3.05, 3.63) is 96.2 Å². The van der Waals surface area contributed by atoms with Gasteiger partial charge in [-0.15, -0.1) is 5.10 Å². The zero-order chi connectivity index (χ0) is 24.2. The highest BCUT2D eigenvalue weighted by Gasteiger charge is 2.25. The Hall–Kier alpha value is -5.12. The lowest BCUT2D eigenvalue weighted by molar-refractivity contribution is 0.0950. The first-order valence-electron chi connectivity index (χ1n) is 10.7. The van der Waals surface area contributed by atoms with Crippen LogP contribution >= 0.6 is 0 Å². The molecule has 172 valence electrons. The minimum Gasteiger partial charge on any atom is -0.378 e. The largest absolute Gasteiger partial charge is 0.378 e. The molecule has 0 saturated carbocycles. The molecule has 5 rings (SSSR count). The van der Waals surface area contributed by atoms with Crippen molar-refractivity contribution in [1.82, 2.24) is 30.7 Å². The Bertz CT molecular complexity index is 1490. The van der Waals surface area contributed by atoms with E-state index < -0.39 is 5.91 Å². The van der Waals surface area contributed by atoms with Gasteiger partial charge in [-0.05, 0) is 33.9 Å². The summed E-state index contributed by atoms with van der Waals surface area (Å²) in [5, 5.41) is 19.7. The molecule has 10 heteroatoms. The number of hydrogen-bond acceptors (Lipinski definition) is 8. The molecule has 0 saturated heterocycles. The fourth-order valence-electron chi connectivity index (χ4n) is 3.56. The zero-order valence-electron chi connectivity index (χ0n) is 18.7. The summed E-state index contributed by atoms with van der Waals surface area (Å²) in [6.45, 7) is 1.81. The summed E-state index contributed by atoms with van der Waals surface area (Å²) >= 11 is 0. The summed E-state index contributed by atoms with van der Waals surface area (Å²) in [7, 11) is 0. The summed E-state index contributed by atoms with van der Waals surface area (Å²) in [6.07, 6.45) is 0. The van der Waals surface area contributed by atoms with Gasteiger partial charge in [-0.1, -0.05) is 90.1 Å². The quantitative estimate of drug-likeness (QED) is 0.289. The molecule has 0 aliphatic rings. The number of amides is 1. The molecule has 0 atom stereocenters. The van der Waals surface area contributed by atoms with Gasteiger partial charge in [-0.25, -0.2) is 10.1 Å². The van der Waals surface area contributed by atoms with E-state index in [9.17, 15) is 4.79 Å². The number of anilines is 1. The molecule has 2 aromatic heterocycles. The van der Waals surface area contributed by atoms with Crippen molar-refractivity contribution in [1.29, 1.82) is 0 Å². The molecule has 0 aliphatic heterocycles. The van der Waals surface area contributed by atoms with E-state index >= 15 is 0 Å². The Balaban J connectivity index is 1.41. The van der Waals surface area contributed by atoms with Crippen LogP contribution in [0.25, 0.3) is 28.2 Å². The second-order valence-corrected chi connectivity index (χ2v) is 7.62. The molecule has 10 nitrogen and oxygen atoms in total. The molecule has 0 unspecified atom stereocenters. The van der Waals surface area contributed by atoms with Gasteiger partial charge in [-0.2, -0.15) is 9.78 Å². The van der Waals surface area contributed by atoms with Gasteiger partial charge < -0.3 is 5.73 Å². The van der Waals surface area contributed by atoms with Crippen molar-refractivity contribution >= 4 is 17.4 Å². The van der Waals surface area contributed by atoms with Crippen molar-refractivity contribution in [3.63, 3.8) is 0 Å². The van der Waals surface area contributed by atoms with E-state index in [0.29, 0.717) is 17.0 Å². The highest BCUT2D eigenvalue weighted by atomic mass is 16.6. The van der Waals surface area contributed by atoms with E-state index in [1.807, 2.05) is 79.7 Å². The highest BCUT2D eigenvalue weighted by molar-refractivity contribution is 6.02. The van der Waals surface area contributed by atoms with Crippen LogP contribution in [0.2, 0.25) is 0 Å². The number of nitrogens with one attached hydrogen (secondary N) is 1. The third-order valence-electron chi connectivity index (χ3n) is 5.36. The lowest BCUT2D eigenvalue weighted by Crippen LogP contribution is -2.21. The Labute approximate surface area is 200 Å². The van der Waals surface area contributed by atoms with Gasteiger partial charge >= 0.3 is 0 Å². The maximum absolute atomic E-state index is 13.1. The lowest BCUT2D eigenvalue weighted by Gasteiger charge is -2.07. The van der Waals surface area contributed by atoms with Crippen LogP contribution in [-0.4, -0.2) is 36.9 Å². The van der Waals surface area contributed by atoms with Crippen LogP contribution in [0.4, 0.5) is 5.82 Å². The van der Waals surface area contributed by atoms with Crippen LogP contribution in [0.15, 0.2) is 94.7 Å². The van der Waals surface area contributed by atoms with E-state index in [1.165, 1.54) is 4.68 Å². The average Bonchev–Trinajstić information content (AvgIpc) is 3.54. The Morgan fingerprint density at radius 1 is 0.886 bits per heavy atom. The molecule has 3 N–H and O–H groups in total. The number of aromatic nitrogens is 5. The molecular formula is C25H20N8O2. The fraction of sp³-hybridized carbons (Fsp3) is 0.0400. The molecular weight excluding hydrogens is 444 g/mol. The van der Waals surface area contributed by atoms with Crippen LogP contribution < -0.4 is 11.2 Å². The fourth-order valence-corrected chi connectivity index (χ4v) is 3.56. The van der Waals surface area contributed by atoms with E-state index in [2.05, 4.69) is 47.9 Å². The number of carbonyl (C=O) groups is 1. The minimum absolute atomic E-state index is 0.0202. The summed E-state index contributed by atoms with van der Waals surface area (Å²) in [5.41, 5.74) is 13.2. The van der Waals surface area contributed by atoms with Crippen LogP contribution in [-0.2, 0) is 0 Å². The summed E-state index contributed by atoms with van der Waals surface area (Å²) in [6, 6.07) is 27.2. The van der Waals surface area contributed by atoms with Crippen LogP contribution in [0.3, 0.4) is 0 Å². The highest BCUT2D eigenvalue weighted by Crippen LogP contribution is 2.26. The molecule has 2 heterocycles. The van der Waals surface area contributed by atoms with Gasteiger partial charge in [0.15, 0.2) is 5.69 Å². The van der Waals surface area contributed by atoms with Crippen molar-refractivity contribution in [2.75, 3.05) is 5.73 Å². The zero-order valence-corrected chi connectivity index (χ0v) is 18.7. The van der Waals surface area contributed by atoms with E-state index in [4.69, 9.17) is 5.73 Å². The maximum atomic E-state index is 13.1. The standard InChI is InChI=1S/C25H20N8O2/c1-16(17-12-14-19(15-13-17)18-8-4-2-5-9-18)27-29-25(34)21-22(20-10-6-3-7-11-20)33(32-28-21)24-23(26)30-35-31-24/h2-15H,1H3,(H2,26,30)(H,29,34)/b27-16+. The Kier molecular flexibility index (Phi) is 5.83. The summed E-state index contributed by atoms with van der Waals surface area (Å²) in [4.78, 5) is 13.1. The third-order valence-corrected chi connectivity index (χ3v) is 5.36. The van der Waals surface area contributed by atoms with Crippen molar-refractivity contribution < 1.29 is 9.42 Å². The number of rotatable bonds is 6. The number of hydrogen-bond donors (Lipinski definition) is 2. The van der Waals surface area contributed by atoms with Crippen LogP contribution in [0, 0.1) is 0 Å². The number of nitrogens with zero attached hydrogens (tertiary/aromatic N) is 6. The molecule has 5 aromatic rings. The molecule has 0 spiro atoms. The predicted octanol–water partition coefficient (Wildman–Crippen LogP) is 3.72. The SMILES string of the molecule is C/C(=N\NC(=O)c1nnn(-c2nonc2N)c1-c1ccccc1)c1ccc(-c2ccccc2)cc1. The van der Waals surface area contributed by atoms with Gasteiger partial charge in [0, 0.05) is 5.56 Å². The number of nitrogen functional groups attached to an aromatic ring is 1. The number of carbonyl (C=O) groups excluding carboxylic acids is 1. The van der Waals surface area contributed by atoms with Crippen LogP contribution in [0.5, 0.6) is 0 Å². The lowest BCUT2D eigenvalue weighted by atomic mass is 10.0. The molecule has 0 fully saturated rings. The first-order chi connectivity index (χ1) is 17.1. The number of nitrogens with two attached hydrogens (primary N) is 1. The van der Waals surface area contributed by atoms with Gasteiger partial charge in [0.2, 0.25) is 11.6 Å². The third kappa shape index (κ3) is 4.40. The van der Waals surface area contributed by atoms with Gasteiger partial charge in [-0.3, -0.25) is 4.79 Å². The smallest absolute Gasteiger partial charge is 0.294 e. The van der Waals surface area contributed by atoms with Gasteiger partial charge in [0.05, 0.1) is 5.71 Å². The minimum atomic E-state index is -0.537. The van der Waals surface area contributed by atoms with Gasteiger partial charge in [0.1, 0.15) is 5.69 Å². The first kappa shape index (κ1) is 21.7. The summed E-state index contributed by atoms with van der Waals surface area (Å²) < 4.78 is 6.00. The predicted molar refractivity (Wildman–Crippen MR) is 131 cm³/mol. The van der Waals surface area contributed by atoms with Crippen molar-refractivity contribution in [2.24, 2.45) is 5.10 Å². The second-order valence-electron chi connectivity index (χ2n) is 7.62. The Morgan fingerprint density at radius 2 is 1.51 bits per heavy atom. The average molecular weight is 464 g/mol. The molecule has 0 radical (unpaired) electrons.